The van der Waals surface area contributed by atoms with Crippen molar-refractivity contribution in [3.63, 3.8) is 0 Å². The molecule has 0 aliphatic rings. The number of ether oxygens (including phenoxy) is 3. The second-order valence-electron chi connectivity index (χ2n) is 9.60. The van der Waals surface area contributed by atoms with E-state index in [0.29, 0.717) is 30.1 Å². The van der Waals surface area contributed by atoms with Crippen LogP contribution >= 0.6 is 11.6 Å². The Hall–Kier alpha value is -4.42. The van der Waals surface area contributed by atoms with Crippen LogP contribution in [0.1, 0.15) is 30.9 Å². The van der Waals surface area contributed by atoms with Crippen LogP contribution in [0.4, 0.5) is 13.2 Å². The fraction of sp³-hybridized carbons (Fsp3) is 0.267. The van der Waals surface area contributed by atoms with Gasteiger partial charge in [0.2, 0.25) is 5.88 Å². The van der Waals surface area contributed by atoms with Crippen LogP contribution in [-0.4, -0.2) is 36.6 Å². The molecule has 0 saturated carbocycles. The summed E-state index contributed by atoms with van der Waals surface area (Å²) in [5.41, 5.74) is 1.11. The highest BCUT2D eigenvalue weighted by atomic mass is 35.5. The Morgan fingerprint density at radius 3 is 2.47 bits per heavy atom. The smallest absolute Gasteiger partial charge is 0.425 e. The molecular weight excluding hydrogens is 587 g/mol. The van der Waals surface area contributed by atoms with Gasteiger partial charge in [-0.1, -0.05) is 41.9 Å². The molecule has 2 aromatic carbocycles. The Balaban J connectivity index is 1.58. The summed E-state index contributed by atoms with van der Waals surface area (Å²) < 4.78 is 60.7. The first-order valence-electron chi connectivity index (χ1n) is 13.3. The lowest BCUT2D eigenvalue weighted by Gasteiger charge is -2.20. The van der Waals surface area contributed by atoms with Gasteiger partial charge in [0.05, 0.1) is 28.4 Å². The van der Waals surface area contributed by atoms with E-state index >= 15 is 0 Å². The molecule has 224 valence electrons. The van der Waals surface area contributed by atoms with E-state index in [1.165, 1.54) is 29.1 Å². The lowest BCUT2D eigenvalue weighted by atomic mass is 10.1. The van der Waals surface area contributed by atoms with E-state index in [1.54, 1.807) is 26.0 Å². The molecule has 0 N–H and O–H groups in total. The highest BCUT2D eigenvalue weighted by Crippen LogP contribution is 2.40. The van der Waals surface area contributed by atoms with Crippen LogP contribution < -0.4 is 15.2 Å². The molecule has 0 aliphatic carbocycles. The zero-order valence-electron chi connectivity index (χ0n) is 23.4. The fourth-order valence-corrected chi connectivity index (χ4v) is 4.62. The van der Waals surface area contributed by atoms with E-state index in [-0.39, 0.29) is 40.1 Å². The van der Waals surface area contributed by atoms with Crippen LogP contribution in [-0.2, 0) is 24.5 Å². The van der Waals surface area contributed by atoms with Crippen LogP contribution in [0, 0.1) is 6.92 Å². The largest absolute Gasteiger partial charge is 0.480 e. The topological polar surface area (TPSA) is 93.3 Å². The molecule has 1 atom stereocenters. The van der Waals surface area contributed by atoms with Crippen LogP contribution in [0.3, 0.4) is 0 Å². The van der Waals surface area contributed by atoms with E-state index in [4.69, 9.17) is 25.8 Å². The van der Waals surface area contributed by atoms with Gasteiger partial charge < -0.3 is 14.2 Å². The minimum absolute atomic E-state index is 0.0418. The Kier molecular flexibility index (Phi) is 8.69. The average molecular weight is 614 g/mol. The SMILES string of the molecule is CCn1c(COCc2ccccc2)nn(-c2cc(O[C@@H](C)C(F)(F)F)c3c(Oc4c(Cl)ccnc4C)nccc3c2)c1=O. The normalized spacial score (nSPS) is 12.4. The van der Waals surface area contributed by atoms with Crippen molar-refractivity contribution in [1.82, 2.24) is 24.3 Å². The lowest BCUT2D eigenvalue weighted by Crippen LogP contribution is -2.31. The van der Waals surface area contributed by atoms with Gasteiger partial charge >= 0.3 is 11.9 Å². The van der Waals surface area contributed by atoms with Crippen molar-refractivity contribution in [2.24, 2.45) is 0 Å². The highest BCUT2D eigenvalue weighted by Gasteiger charge is 2.38. The third-order valence-corrected chi connectivity index (χ3v) is 6.92. The molecule has 0 fully saturated rings. The summed E-state index contributed by atoms with van der Waals surface area (Å²) in [6.07, 6.45) is -3.93. The highest BCUT2D eigenvalue weighted by molar-refractivity contribution is 6.32. The van der Waals surface area contributed by atoms with Crippen molar-refractivity contribution in [3.05, 3.63) is 99.6 Å². The Morgan fingerprint density at radius 2 is 1.77 bits per heavy atom. The molecule has 0 unspecified atom stereocenters. The molecule has 0 spiro atoms. The number of halogens is 4. The quantitative estimate of drug-likeness (QED) is 0.171. The molecule has 0 amide bonds. The number of pyridine rings is 2. The van der Waals surface area contributed by atoms with E-state index in [1.807, 2.05) is 30.3 Å². The van der Waals surface area contributed by atoms with Crippen LogP contribution in [0.15, 0.2) is 71.8 Å². The zero-order valence-corrected chi connectivity index (χ0v) is 24.2. The van der Waals surface area contributed by atoms with Crippen LogP contribution in [0.5, 0.6) is 17.4 Å². The summed E-state index contributed by atoms with van der Waals surface area (Å²) in [4.78, 5) is 21.8. The maximum Gasteiger partial charge on any atom is 0.425 e. The summed E-state index contributed by atoms with van der Waals surface area (Å²) in [7, 11) is 0. The summed E-state index contributed by atoms with van der Waals surface area (Å²) >= 11 is 6.31. The second kappa shape index (κ2) is 12.4. The van der Waals surface area contributed by atoms with Crippen LogP contribution in [0.25, 0.3) is 16.5 Å². The van der Waals surface area contributed by atoms with E-state index in [0.717, 1.165) is 17.2 Å². The third kappa shape index (κ3) is 6.50. The molecule has 0 bridgehead atoms. The van der Waals surface area contributed by atoms with Gasteiger partial charge in [-0.25, -0.2) is 9.78 Å². The molecule has 13 heteroatoms. The lowest BCUT2D eigenvalue weighted by molar-refractivity contribution is -0.189. The Morgan fingerprint density at radius 1 is 1.02 bits per heavy atom. The van der Waals surface area contributed by atoms with Crippen LogP contribution in [0.2, 0.25) is 5.02 Å². The van der Waals surface area contributed by atoms with Gasteiger partial charge in [0, 0.05) is 25.0 Å². The van der Waals surface area contributed by atoms with Gasteiger partial charge in [0.15, 0.2) is 17.7 Å². The predicted octanol–water partition coefficient (Wildman–Crippen LogP) is 6.80. The van der Waals surface area contributed by atoms with E-state index in [2.05, 4.69) is 15.1 Å². The van der Waals surface area contributed by atoms with E-state index in [9.17, 15) is 18.0 Å². The Bertz CT molecular complexity index is 1790. The number of benzene rings is 2. The van der Waals surface area contributed by atoms with Crippen molar-refractivity contribution in [2.75, 3.05) is 0 Å². The average Bonchev–Trinajstić information content (AvgIpc) is 3.29. The van der Waals surface area contributed by atoms with Gasteiger partial charge in [-0.3, -0.25) is 9.55 Å². The molecular formula is C30H27ClF3N5O4. The van der Waals surface area contributed by atoms with Gasteiger partial charge in [0.25, 0.3) is 0 Å². The number of fused-ring (bicyclic) bond motifs is 1. The summed E-state index contributed by atoms with van der Waals surface area (Å²) in [5, 5.41) is 5.25. The number of rotatable bonds is 10. The molecule has 0 radical (unpaired) electrons. The van der Waals surface area contributed by atoms with E-state index < -0.39 is 18.0 Å². The maximum absolute atomic E-state index is 13.6. The number of alkyl halides is 3. The number of aromatic nitrogens is 5. The van der Waals surface area contributed by atoms with Gasteiger partial charge in [0.1, 0.15) is 12.4 Å². The number of nitrogens with zero attached hydrogens (tertiary/aromatic N) is 5. The minimum Gasteiger partial charge on any atom is -0.480 e. The van der Waals surface area contributed by atoms with Crippen molar-refractivity contribution in [1.29, 1.82) is 0 Å². The molecule has 5 rings (SSSR count). The first kappa shape index (κ1) is 30.1. The van der Waals surface area contributed by atoms with Gasteiger partial charge in [-0.2, -0.15) is 17.9 Å². The molecule has 43 heavy (non-hydrogen) atoms. The van der Waals surface area contributed by atoms with Crippen molar-refractivity contribution < 1.29 is 27.4 Å². The molecule has 5 aromatic rings. The fourth-order valence-electron chi connectivity index (χ4n) is 4.39. The van der Waals surface area contributed by atoms with Crippen molar-refractivity contribution in [2.45, 2.75) is 52.8 Å². The summed E-state index contributed by atoms with van der Waals surface area (Å²) in [6, 6.07) is 15.5. The third-order valence-electron chi connectivity index (χ3n) is 6.62. The number of hydrogen-bond acceptors (Lipinski definition) is 7. The maximum atomic E-state index is 13.6. The monoisotopic (exact) mass is 613 g/mol. The number of aryl methyl sites for hydroxylation is 1. The first-order chi connectivity index (χ1) is 20.6. The first-order valence-corrected chi connectivity index (χ1v) is 13.7. The molecule has 9 nitrogen and oxygen atoms in total. The molecule has 0 aliphatic heterocycles. The summed E-state index contributed by atoms with van der Waals surface area (Å²) in [6.45, 7) is 5.00. The van der Waals surface area contributed by atoms with Crippen molar-refractivity contribution >= 4 is 22.4 Å². The van der Waals surface area contributed by atoms with Crippen molar-refractivity contribution in [3.8, 4) is 23.1 Å². The molecule has 3 aromatic heterocycles. The molecule has 0 saturated heterocycles. The number of hydrogen-bond donors (Lipinski definition) is 0. The minimum atomic E-state index is -4.67. The second-order valence-corrected chi connectivity index (χ2v) is 10.0. The zero-order chi connectivity index (χ0) is 30.7. The standard InChI is InChI=1S/C30H27ClF3N5O4/c1-4-38-25(17-41-16-20-8-6-5-7-9-20)37-39(29(38)40)22-14-21-10-12-36-28(43-27-18(2)35-13-11-23(27)31)26(21)24(15-22)42-19(3)30(32,33)34/h5-15,19H,4,16-17H2,1-3H3/t19-/m0/s1. The summed E-state index contributed by atoms with van der Waals surface area (Å²) in [5.74, 6) is 0.294. The predicted molar refractivity (Wildman–Crippen MR) is 154 cm³/mol. The van der Waals surface area contributed by atoms with Gasteiger partial charge in [-0.05, 0) is 49.9 Å². The Labute approximate surface area is 249 Å². The van der Waals surface area contributed by atoms with Gasteiger partial charge in [-0.15, -0.1) is 5.10 Å². The molecule has 3 heterocycles.